The van der Waals surface area contributed by atoms with Crippen LogP contribution in [0.15, 0.2) is 70.9 Å². The van der Waals surface area contributed by atoms with Crippen LogP contribution < -0.4 is 10.4 Å². The molecule has 194 valence electrons. The molecule has 0 bridgehead atoms. The fourth-order valence-electron chi connectivity index (χ4n) is 3.57. The maximum Gasteiger partial charge on any atom is 0.417 e. The number of aromatic carboxylic acids is 1. The van der Waals surface area contributed by atoms with Gasteiger partial charge in [0.2, 0.25) is 0 Å². The normalized spacial score (nSPS) is 14.9. The number of carboxylic acids is 1. The van der Waals surface area contributed by atoms with E-state index in [2.05, 4.69) is 15.6 Å². The van der Waals surface area contributed by atoms with E-state index in [-0.39, 0.29) is 45.2 Å². The molecule has 4 rings (SSSR count). The Morgan fingerprint density at radius 3 is 2.47 bits per heavy atom. The van der Waals surface area contributed by atoms with E-state index in [4.69, 9.17) is 0 Å². The minimum Gasteiger partial charge on any atom is -0.505 e. The summed E-state index contributed by atoms with van der Waals surface area (Å²) >= 11 is 0. The molecule has 3 aromatic rings. The number of hydrogen-bond acceptors (Lipinski definition) is 6. The van der Waals surface area contributed by atoms with E-state index < -0.39 is 29.4 Å². The molecule has 0 fully saturated rings. The smallest absolute Gasteiger partial charge is 0.417 e. The van der Waals surface area contributed by atoms with E-state index in [1.807, 2.05) is 0 Å². The van der Waals surface area contributed by atoms with Crippen molar-refractivity contribution >= 4 is 46.8 Å². The van der Waals surface area contributed by atoms with Gasteiger partial charge in [-0.1, -0.05) is 36.4 Å². The second-order valence-corrected chi connectivity index (χ2v) is 8.04. The number of nitrogens with zero attached hydrogens (tertiary/aromatic N) is 3. The molecule has 3 N–H and O–H groups in total. The van der Waals surface area contributed by atoms with Gasteiger partial charge in [0, 0.05) is 5.56 Å². The molecule has 38 heavy (non-hydrogen) atoms. The largest absolute Gasteiger partial charge is 0.505 e. The lowest BCUT2D eigenvalue weighted by molar-refractivity contribution is -0.137. The third kappa shape index (κ3) is 5.38. The molecular formula is C26H18F4N4O4. The highest BCUT2D eigenvalue weighted by Gasteiger charge is 2.33. The second-order valence-electron chi connectivity index (χ2n) is 8.04. The summed E-state index contributed by atoms with van der Waals surface area (Å²) in [4.78, 5) is 24.1. The number of benzene rings is 3. The Hall–Kier alpha value is -5.00. The Kier molecular flexibility index (Phi) is 6.98. The molecule has 0 spiro atoms. The first-order valence-electron chi connectivity index (χ1n) is 10.9. The van der Waals surface area contributed by atoms with E-state index in [1.54, 1.807) is 0 Å². The Bertz CT molecular complexity index is 1530. The van der Waals surface area contributed by atoms with E-state index in [1.165, 1.54) is 55.5 Å². The standard InChI is InChI=1S/C26H18F4N4O4/c1-14-22(24(36)34(33-14)19-6-2-5-17(12-19)25(37)38)32-31-21-7-3-4-16(23(21)35)9-8-15-10-11-18(27)13-20(15)26(28,29)30/h2-13,31,35H,1H3,(H,37,38)/b9-8+,32-22-. The van der Waals surface area contributed by atoms with Crippen LogP contribution in [0, 0.1) is 5.82 Å². The van der Waals surface area contributed by atoms with Gasteiger partial charge in [0.1, 0.15) is 11.6 Å². The van der Waals surface area contributed by atoms with Crippen molar-refractivity contribution in [3.63, 3.8) is 0 Å². The molecule has 0 saturated carbocycles. The molecule has 0 saturated heterocycles. The third-order valence-corrected chi connectivity index (χ3v) is 5.44. The van der Waals surface area contributed by atoms with Gasteiger partial charge in [0.25, 0.3) is 0 Å². The summed E-state index contributed by atoms with van der Waals surface area (Å²) in [7, 11) is 0. The van der Waals surface area contributed by atoms with Gasteiger partial charge in [-0.3, -0.25) is 10.2 Å². The Balaban J connectivity index is 1.57. The zero-order chi connectivity index (χ0) is 27.6. The number of aromatic hydroxyl groups is 1. The number of anilines is 2. The predicted octanol–water partition coefficient (Wildman–Crippen LogP) is 5.61. The summed E-state index contributed by atoms with van der Waals surface area (Å²) in [5.41, 5.74) is 1.55. The molecule has 0 unspecified atom stereocenters. The van der Waals surface area contributed by atoms with E-state index >= 15 is 0 Å². The molecule has 0 aliphatic carbocycles. The zero-order valence-electron chi connectivity index (χ0n) is 19.5. The second kappa shape index (κ2) is 10.2. The third-order valence-electron chi connectivity index (χ3n) is 5.44. The SMILES string of the molecule is CC1=NN(c2cccc(C(=O)O)c2)C(=O)/C1=N\Nc1cccc(/C=C/c2ccc(F)cc2C(F)(F)F)c1O. The summed E-state index contributed by atoms with van der Waals surface area (Å²) in [6.45, 7) is 1.51. The number of rotatable bonds is 6. The number of alkyl halides is 3. The zero-order valence-corrected chi connectivity index (χ0v) is 19.5. The van der Waals surface area contributed by atoms with Crippen LogP contribution in [0.5, 0.6) is 5.75 Å². The van der Waals surface area contributed by atoms with Crippen molar-refractivity contribution in [1.82, 2.24) is 0 Å². The Morgan fingerprint density at radius 2 is 1.76 bits per heavy atom. The number of amides is 1. The summed E-state index contributed by atoms with van der Waals surface area (Å²) in [5.74, 6) is -3.22. The van der Waals surface area contributed by atoms with Crippen molar-refractivity contribution in [3.05, 3.63) is 88.7 Å². The fraction of sp³-hybridized carbons (Fsp3) is 0.0769. The monoisotopic (exact) mass is 526 g/mol. The van der Waals surface area contributed by atoms with Crippen molar-refractivity contribution < 1.29 is 37.4 Å². The van der Waals surface area contributed by atoms with Gasteiger partial charge >= 0.3 is 18.1 Å². The van der Waals surface area contributed by atoms with Crippen LogP contribution >= 0.6 is 0 Å². The Morgan fingerprint density at radius 1 is 1.05 bits per heavy atom. The molecule has 8 nitrogen and oxygen atoms in total. The van der Waals surface area contributed by atoms with Gasteiger partial charge in [-0.25, -0.2) is 9.18 Å². The van der Waals surface area contributed by atoms with Gasteiger partial charge in [-0.05, 0) is 48.9 Å². The van der Waals surface area contributed by atoms with Crippen molar-refractivity contribution in [2.45, 2.75) is 13.1 Å². The number of phenols is 1. The molecule has 1 aliphatic heterocycles. The quantitative estimate of drug-likeness (QED) is 0.167. The first-order chi connectivity index (χ1) is 18.0. The molecule has 3 aromatic carbocycles. The maximum absolute atomic E-state index is 13.4. The van der Waals surface area contributed by atoms with Crippen LogP contribution in [0.25, 0.3) is 12.2 Å². The summed E-state index contributed by atoms with van der Waals surface area (Å²) in [5, 5.41) is 28.9. The number of phenolic OH excluding ortho intramolecular Hbond substituents is 1. The Labute approximate surface area is 212 Å². The van der Waals surface area contributed by atoms with Crippen LogP contribution in [-0.4, -0.2) is 33.5 Å². The summed E-state index contributed by atoms with van der Waals surface area (Å²) < 4.78 is 53.1. The minimum absolute atomic E-state index is 0.0375. The van der Waals surface area contributed by atoms with Gasteiger partial charge < -0.3 is 10.2 Å². The highest BCUT2D eigenvalue weighted by molar-refractivity contribution is 6.71. The number of carbonyl (C=O) groups excluding carboxylic acids is 1. The van der Waals surface area contributed by atoms with Crippen LogP contribution in [0.1, 0.15) is 34.0 Å². The van der Waals surface area contributed by atoms with Crippen LogP contribution in [-0.2, 0) is 11.0 Å². The highest BCUT2D eigenvalue weighted by atomic mass is 19.4. The van der Waals surface area contributed by atoms with Crippen LogP contribution in [0.4, 0.5) is 28.9 Å². The van der Waals surface area contributed by atoms with Gasteiger partial charge in [-0.2, -0.15) is 28.4 Å². The van der Waals surface area contributed by atoms with Crippen LogP contribution in [0.3, 0.4) is 0 Å². The number of para-hydroxylation sites is 1. The van der Waals surface area contributed by atoms with Crippen molar-refractivity contribution in [2.24, 2.45) is 10.2 Å². The topological polar surface area (TPSA) is 115 Å². The molecule has 12 heteroatoms. The summed E-state index contributed by atoms with van der Waals surface area (Å²) in [6.07, 6.45) is -2.46. The molecule has 1 heterocycles. The minimum atomic E-state index is -4.78. The molecule has 0 radical (unpaired) electrons. The molecule has 0 aromatic heterocycles. The lowest BCUT2D eigenvalue weighted by Gasteiger charge is -2.12. The average Bonchev–Trinajstić information content (AvgIpc) is 3.15. The lowest BCUT2D eigenvalue weighted by atomic mass is 10.0. The van der Waals surface area contributed by atoms with Gasteiger partial charge in [0.05, 0.1) is 28.2 Å². The average molecular weight is 526 g/mol. The molecule has 1 aliphatic rings. The van der Waals surface area contributed by atoms with E-state index in [0.717, 1.165) is 23.2 Å². The van der Waals surface area contributed by atoms with Crippen molar-refractivity contribution in [3.8, 4) is 5.75 Å². The number of carbonyl (C=O) groups is 2. The molecular weight excluding hydrogens is 508 g/mol. The fourth-order valence-corrected chi connectivity index (χ4v) is 3.57. The van der Waals surface area contributed by atoms with Crippen molar-refractivity contribution in [2.75, 3.05) is 10.4 Å². The molecule has 1 amide bonds. The highest BCUT2D eigenvalue weighted by Crippen LogP contribution is 2.34. The first kappa shape index (κ1) is 26.1. The van der Waals surface area contributed by atoms with E-state index in [9.17, 15) is 37.4 Å². The lowest BCUT2D eigenvalue weighted by Crippen LogP contribution is -2.28. The molecule has 0 atom stereocenters. The number of hydrazone groups is 2. The maximum atomic E-state index is 13.4. The predicted molar refractivity (Wildman–Crippen MR) is 133 cm³/mol. The summed E-state index contributed by atoms with van der Waals surface area (Å²) in [6, 6.07) is 12.2. The van der Waals surface area contributed by atoms with Crippen LogP contribution in [0.2, 0.25) is 0 Å². The number of halogens is 4. The first-order valence-corrected chi connectivity index (χ1v) is 10.9. The van der Waals surface area contributed by atoms with Gasteiger partial charge in [0.15, 0.2) is 5.71 Å². The van der Waals surface area contributed by atoms with E-state index in [0.29, 0.717) is 6.07 Å². The van der Waals surface area contributed by atoms with Gasteiger partial charge in [-0.15, -0.1) is 0 Å². The van der Waals surface area contributed by atoms with Crippen molar-refractivity contribution in [1.29, 1.82) is 0 Å². The number of nitrogens with one attached hydrogen (secondary N) is 1. The number of carboxylic acid groups (broad SMARTS) is 1. The number of hydrogen-bond donors (Lipinski definition) is 3.